The number of benzene rings is 1. The monoisotopic (exact) mass is 331 g/mol. The van der Waals surface area contributed by atoms with Crippen LogP contribution in [0.4, 0.5) is 0 Å². The zero-order valence-corrected chi connectivity index (χ0v) is 13.9. The Kier molecular flexibility index (Phi) is 5.51. The quantitative estimate of drug-likeness (QED) is 0.901. The second-order valence-corrected chi connectivity index (χ2v) is 6.75. The van der Waals surface area contributed by atoms with Gasteiger partial charge in [0.15, 0.2) is 0 Å². The van der Waals surface area contributed by atoms with Gasteiger partial charge >= 0.3 is 5.97 Å². The van der Waals surface area contributed by atoms with Gasteiger partial charge in [0.25, 0.3) is 0 Å². The second-order valence-electron chi connectivity index (χ2n) is 6.75. The Morgan fingerprint density at radius 1 is 1.12 bits per heavy atom. The number of hydrogen-bond donors (Lipinski definition) is 1. The van der Waals surface area contributed by atoms with E-state index in [-0.39, 0.29) is 11.5 Å². The molecule has 2 fully saturated rings. The van der Waals surface area contributed by atoms with Crippen LogP contribution in [-0.4, -0.2) is 47.7 Å². The normalized spacial score (nSPS) is 21.8. The van der Waals surface area contributed by atoms with Crippen molar-refractivity contribution in [2.45, 2.75) is 44.6 Å². The maximum Gasteiger partial charge on any atom is 0.335 e. The van der Waals surface area contributed by atoms with Gasteiger partial charge in [0, 0.05) is 32.2 Å². The number of aryl methyl sites for hydroxylation is 1. The van der Waals surface area contributed by atoms with E-state index in [4.69, 9.17) is 9.84 Å². The molecule has 1 atom stereocenters. The van der Waals surface area contributed by atoms with Crippen molar-refractivity contribution >= 4 is 11.9 Å². The number of hydrogen-bond acceptors (Lipinski definition) is 3. The summed E-state index contributed by atoms with van der Waals surface area (Å²) in [6.45, 7) is 2.51. The molecule has 2 saturated heterocycles. The summed E-state index contributed by atoms with van der Waals surface area (Å²) in [6.07, 6.45) is 5.49. The number of amides is 1. The lowest BCUT2D eigenvalue weighted by Crippen LogP contribution is -2.42. The number of ether oxygens (including phenoxy) is 1. The highest BCUT2D eigenvalue weighted by Gasteiger charge is 2.34. The first-order valence-corrected chi connectivity index (χ1v) is 8.84. The zero-order chi connectivity index (χ0) is 16.9. The average Bonchev–Trinajstić information content (AvgIpc) is 3.10. The predicted octanol–water partition coefficient (Wildman–Crippen LogP) is 2.74. The fourth-order valence-corrected chi connectivity index (χ4v) is 3.90. The molecule has 0 aliphatic carbocycles. The van der Waals surface area contributed by atoms with E-state index < -0.39 is 5.97 Å². The molecule has 2 aliphatic heterocycles. The minimum atomic E-state index is -0.922. The predicted molar refractivity (Wildman–Crippen MR) is 90.0 cm³/mol. The second kappa shape index (κ2) is 7.79. The smallest absolute Gasteiger partial charge is 0.335 e. The molecule has 0 spiro atoms. The van der Waals surface area contributed by atoms with Crippen molar-refractivity contribution < 1.29 is 19.4 Å². The summed E-state index contributed by atoms with van der Waals surface area (Å²) in [5.74, 6) is -0.111. The molecule has 2 heterocycles. The maximum absolute atomic E-state index is 12.6. The molecule has 2 aliphatic rings. The van der Waals surface area contributed by atoms with Crippen LogP contribution in [-0.2, 0) is 16.0 Å². The van der Waals surface area contributed by atoms with E-state index in [9.17, 15) is 9.59 Å². The van der Waals surface area contributed by atoms with Crippen molar-refractivity contribution in [2.24, 2.45) is 5.92 Å². The molecule has 1 aromatic carbocycles. The Bertz CT molecular complexity index is 578. The van der Waals surface area contributed by atoms with E-state index in [2.05, 4.69) is 4.90 Å². The van der Waals surface area contributed by atoms with E-state index in [1.807, 2.05) is 0 Å². The van der Waals surface area contributed by atoms with Crippen LogP contribution in [0.3, 0.4) is 0 Å². The Balaban J connectivity index is 1.54. The number of aromatic carboxylic acids is 1. The van der Waals surface area contributed by atoms with Crippen molar-refractivity contribution in [1.29, 1.82) is 0 Å². The van der Waals surface area contributed by atoms with Gasteiger partial charge in [0.1, 0.15) is 0 Å². The highest BCUT2D eigenvalue weighted by molar-refractivity contribution is 5.87. The Hall–Kier alpha value is -1.88. The number of carbonyl (C=O) groups excluding carboxylic acids is 1. The molecular formula is C19H25NO4. The molecule has 5 nitrogen and oxygen atoms in total. The van der Waals surface area contributed by atoms with Gasteiger partial charge in [-0.25, -0.2) is 4.79 Å². The number of carbonyl (C=O) groups is 2. The SMILES string of the molecule is O=C(O)c1ccc(CCC(=O)N2CCC[C@H]2C2CCOCC2)cc1. The topological polar surface area (TPSA) is 66.8 Å². The molecule has 3 rings (SSSR count). The van der Waals surface area contributed by atoms with Crippen molar-refractivity contribution in [3.63, 3.8) is 0 Å². The number of rotatable bonds is 5. The van der Waals surface area contributed by atoms with E-state index in [0.29, 0.717) is 24.8 Å². The number of nitrogens with zero attached hydrogens (tertiary/aromatic N) is 1. The van der Waals surface area contributed by atoms with Crippen LogP contribution in [0.15, 0.2) is 24.3 Å². The van der Waals surface area contributed by atoms with Crippen molar-refractivity contribution in [1.82, 2.24) is 4.90 Å². The Morgan fingerprint density at radius 2 is 1.83 bits per heavy atom. The van der Waals surface area contributed by atoms with Crippen molar-refractivity contribution in [2.75, 3.05) is 19.8 Å². The molecule has 0 saturated carbocycles. The van der Waals surface area contributed by atoms with Crippen LogP contribution in [0, 0.1) is 5.92 Å². The minimum absolute atomic E-state index is 0.228. The van der Waals surface area contributed by atoms with Gasteiger partial charge in [-0.1, -0.05) is 12.1 Å². The number of carboxylic acid groups (broad SMARTS) is 1. The highest BCUT2D eigenvalue weighted by atomic mass is 16.5. The summed E-state index contributed by atoms with van der Waals surface area (Å²) in [4.78, 5) is 25.6. The fraction of sp³-hybridized carbons (Fsp3) is 0.579. The van der Waals surface area contributed by atoms with Crippen LogP contribution in [0.5, 0.6) is 0 Å². The summed E-state index contributed by atoms with van der Waals surface area (Å²) < 4.78 is 5.44. The van der Waals surface area contributed by atoms with Crippen LogP contribution < -0.4 is 0 Å². The van der Waals surface area contributed by atoms with Gasteiger partial charge in [0.05, 0.1) is 5.56 Å². The van der Waals surface area contributed by atoms with Crippen molar-refractivity contribution in [3.05, 3.63) is 35.4 Å². The third kappa shape index (κ3) is 3.96. The van der Waals surface area contributed by atoms with Gasteiger partial charge in [-0.15, -0.1) is 0 Å². The van der Waals surface area contributed by atoms with Crippen LogP contribution >= 0.6 is 0 Å². The Morgan fingerprint density at radius 3 is 2.50 bits per heavy atom. The molecule has 1 amide bonds. The molecule has 0 radical (unpaired) electrons. The van der Waals surface area contributed by atoms with Gasteiger partial charge in [-0.05, 0) is 55.7 Å². The van der Waals surface area contributed by atoms with Gasteiger partial charge in [-0.3, -0.25) is 4.79 Å². The summed E-state index contributed by atoms with van der Waals surface area (Å²) in [6, 6.07) is 7.19. The van der Waals surface area contributed by atoms with Gasteiger partial charge < -0.3 is 14.7 Å². The molecule has 5 heteroatoms. The van der Waals surface area contributed by atoms with E-state index in [1.165, 1.54) is 0 Å². The summed E-state index contributed by atoms with van der Waals surface area (Å²) in [5, 5.41) is 8.92. The molecule has 24 heavy (non-hydrogen) atoms. The van der Waals surface area contributed by atoms with Crippen LogP contribution in [0.2, 0.25) is 0 Å². The van der Waals surface area contributed by atoms with E-state index in [0.717, 1.165) is 51.0 Å². The molecule has 1 aromatic rings. The fourth-order valence-electron chi connectivity index (χ4n) is 3.90. The number of likely N-dealkylation sites (tertiary alicyclic amines) is 1. The maximum atomic E-state index is 12.6. The van der Waals surface area contributed by atoms with Gasteiger partial charge in [0.2, 0.25) is 5.91 Å². The van der Waals surface area contributed by atoms with Crippen LogP contribution in [0.25, 0.3) is 0 Å². The van der Waals surface area contributed by atoms with Crippen molar-refractivity contribution in [3.8, 4) is 0 Å². The van der Waals surface area contributed by atoms with E-state index >= 15 is 0 Å². The summed E-state index contributed by atoms with van der Waals surface area (Å²) >= 11 is 0. The number of carboxylic acids is 1. The largest absolute Gasteiger partial charge is 0.478 e. The lowest BCUT2D eigenvalue weighted by Gasteiger charge is -2.34. The minimum Gasteiger partial charge on any atom is -0.478 e. The third-order valence-corrected chi connectivity index (χ3v) is 5.26. The average molecular weight is 331 g/mol. The molecule has 0 aromatic heterocycles. The molecular weight excluding hydrogens is 306 g/mol. The third-order valence-electron chi connectivity index (χ3n) is 5.26. The molecule has 130 valence electrons. The highest BCUT2D eigenvalue weighted by Crippen LogP contribution is 2.31. The summed E-state index contributed by atoms with van der Waals surface area (Å²) in [7, 11) is 0. The first-order chi connectivity index (χ1) is 11.6. The first-order valence-electron chi connectivity index (χ1n) is 8.84. The zero-order valence-electron chi connectivity index (χ0n) is 13.9. The standard InChI is InChI=1S/C19H25NO4/c21-18(8-5-14-3-6-16(7-4-14)19(22)23)20-11-1-2-17(20)15-9-12-24-13-10-15/h3-4,6-7,15,17H,1-2,5,8-13H2,(H,22,23)/t17-/m0/s1. The summed E-state index contributed by atoms with van der Waals surface area (Å²) in [5.41, 5.74) is 1.29. The molecule has 1 N–H and O–H groups in total. The lowest BCUT2D eigenvalue weighted by molar-refractivity contribution is -0.133. The first kappa shape index (κ1) is 17.0. The molecule has 0 unspecified atom stereocenters. The van der Waals surface area contributed by atoms with E-state index in [1.54, 1.807) is 24.3 Å². The molecule has 0 bridgehead atoms. The van der Waals surface area contributed by atoms with Crippen LogP contribution in [0.1, 0.15) is 48.0 Å². The Labute approximate surface area is 142 Å². The van der Waals surface area contributed by atoms with Gasteiger partial charge in [-0.2, -0.15) is 0 Å². The lowest BCUT2D eigenvalue weighted by atomic mass is 9.90.